The van der Waals surface area contributed by atoms with E-state index in [1.54, 1.807) is 0 Å². The summed E-state index contributed by atoms with van der Waals surface area (Å²) >= 11 is 0. The Bertz CT molecular complexity index is 225. The van der Waals surface area contributed by atoms with Crippen LogP contribution in [0.15, 0.2) is 0 Å². The third-order valence-corrected chi connectivity index (χ3v) is 3.11. The van der Waals surface area contributed by atoms with E-state index in [0.717, 1.165) is 6.42 Å². The predicted molar refractivity (Wildman–Crippen MR) is 56.0 cm³/mol. The van der Waals surface area contributed by atoms with E-state index in [4.69, 9.17) is 5.73 Å². The number of aliphatic hydroxyl groups excluding tert-OH is 2. The number of rotatable bonds is 3. The zero-order valence-electron chi connectivity index (χ0n) is 9.26. The van der Waals surface area contributed by atoms with E-state index < -0.39 is 18.2 Å². The van der Waals surface area contributed by atoms with Gasteiger partial charge in [0.05, 0.1) is 18.2 Å². The van der Waals surface area contributed by atoms with E-state index in [-0.39, 0.29) is 24.9 Å². The Morgan fingerprint density at radius 1 is 1.47 bits per heavy atom. The van der Waals surface area contributed by atoms with Gasteiger partial charge in [-0.15, -0.1) is 0 Å². The van der Waals surface area contributed by atoms with E-state index in [1.165, 1.54) is 4.90 Å². The number of hydrogen-bond acceptors (Lipinski definition) is 4. The van der Waals surface area contributed by atoms with Crippen LogP contribution < -0.4 is 5.73 Å². The SMILES string of the molecule is CCC(C)[C@H](N)C(=O)N1CC(O)C(O)C1. The molecule has 0 spiro atoms. The highest BCUT2D eigenvalue weighted by atomic mass is 16.3. The molecule has 1 saturated heterocycles. The van der Waals surface area contributed by atoms with Crippen LogP contribution >= 0.6 is 0 Å². The first-order chi connectivity index (χ1) is 6.97. The van der Waals surface area contributed by atoms with Gasteiger partial charge in [0.1, 0.15) is 0 Å². The number of amides is 1. The number of carbonyl (C=O) groups is 1. The van der Waals surface area contributed by atoms with E-state index in [2.05, 4.69) is 0 Å². The second kappa shape index (κ2) is 4.92. The molecule has 5 heteroatoms. The standard InChI is InChI=1S/C10H20N2O3/c1-3-6(2)9(11)10(15)12-4-7(13)8(14)5-12/h6-9,13-14H,3-5,11H2,1-2H3/t6?,7?,8?,9-/m0/s1. The first-order valence-corrected chi connectivity index (χ1v) is 5.37. The molecule has 0 bridgehead atoms. The number of carbonyl (C=O) groups excluding carboxylic acids is 1. The van der Waals surface area contributed by atoms with Gasteiger partial charge < -0.3 is 20.8 Å². The monoisotopic (exact) mass is 216 g/mol. The van der Waals surface area contributed by atoms with Crippen molar-refractivity contribution in [3.8, 4) is 0 Å². The molecule has 3 unspecified atom stereocenters. The average molecular weight is 216 g/mol. The number of nitrogens with zero attached hydrogens (tertiary/aromatic N) is 1. The molecule has 0 saturated carbocycles. The third kappa shape index (κ3) is 2.68. The van der Waals surface area contributed by atoms with Crippen LogP contribution in [0.5, 0.6) is 0 Å². The predicted octanol–water partition coefficient (Wildman–Crippen LogP) is -1.08. The van der Waals surface area contributed by atoms with Crippen molar-refractivity contribution in [2.75, 3.05) is 13.1 Å². The summed E-state index contributed by atoms with van der Waals surface area (Å²) in [5, 5.41) is 18.6. The molecule has 1 heterocycles. The molecule has 1 aliphatic rings. The normalized spacial score (nSPS) is 30.3. The number of nitrogens with two attached hydrogens (primary N) is 1. The van der Waals surface area contributed by atoms with E-state index in [1.807, 2.05) is 13.8 Å². The molecule has 0 radical (unpaired) electrons. The van der Waals surface area contributed by atoms with Gasteiger partial charge in [-0.25, -0.2) is 0 Å². The lowest BCUT2D eigenvalue weighted by Crippen LogP contribution is -2.46. The van der Waals surface area contributed by atoms with Crippen LogP contribution in [0.4, 0.5) is 0 Å². The van der Waals surface area contributed by atoms with Gasteiger partial charge in [0, 0.05) is 13.1 Å². The number of aliphatic hydroxyl groups is 2. The van der Waals surface area contributed by atoms with Gasteiger partial charge in [-0.2, -0.15) is 0 Å². The van der Waals surface area contributed by atoms with Crippen molar-refractivity contribution in [3.05, 3.63) is 0 Å². The van der Waals surface area contributed by atoms with Crippen molar-refractivity contribution in [2.45, 2.75) is 38.5 Å². The maximum Gasteiger partial charge on any atom is 0.239 e. The second-order valence-corrected chi connectivity index (χ2v) is 4.29. The van der Waals surface area contributed by atoms with E-state index >= 15 is 0 Å². The molecular formula is C10H20N2O3. The summed E-state index contributed by atoms with van der Waals surface area (Å²) in [6.07, 6.45) is -0.831. The molecule has 15 heavy (non-hydrogen) atoms. The zero-order chi connectivity index (χ0) is 11.6. The largest absolute Gasteiger partial charge is 0.388 e. The van der Waals surface area contributed by atoms with Crippen LogP contribution in [0.3, 0.4) is 0 Å². The van der Waals surface area contributed by atoms with Gasteiger partial charge in [0.25, 0.3) is 0 Å². The van der Waals surface area contributed by atoms with Gasteiger partial charge in [0.15, 0.2) is 0 Å². The van der Waals surface area contributed by atoms with Gasteiger partial charge in [-0.3, -0.25) is 4.79 Å². The van der Waals surface area contributed by atoms with Crippen LogP contribution in [0, 0.1) is 5.92 Å². The van der Waals surface area contributed by atoms with Gasteiger partial charge >= 0.3 is 0 Å². The van der Waals surface area contributed by atoms with Gasteiger partial charge in [0.2, 0.25) is 5.91 Å². The van der Waals surface area contributed by atoms with Crippen LogP contribution in [0.1, 0.15) is 20.3 Å². The maximum absolute atomic E-state index is 11.8. The molecule has 1 aliphatic heterocycles. The van der Waals surface area contributed by atoms with Crippen molar-refractivity contribution < 1.29 is 15.0 Å². The van der Waals surface area contributed by atoms with E-state index in [9.17, 15) is 15.0 Å². The van der Waals surface area contributed by atoms with Crippen LogP contribution in [-0.4, -0.2) is 52.4 Å². The van der Waals surface area contributed by atoms with Crippen LogP contribution in [0.2, 0.25) is 0 Å². The summed E-state index contributed by atoms with van der Waals surface area (Å²) in [5.41, 5.74) is 5.79. The molecule has 5 nitrogen and oxygen atoms in total. The highest BCUT2D eigenvalue weighted by Gasteiger charge is 2.35. The number of hydrogen-bond donors (Lipinski definition) is 3. The third-order valence-electron chi connectivity index (χ3n) is 3.11. The second-order valence-electron chi connectivity index (χ2n) is 4.29. The molecule has 0 aromatic rings. The van der Waals surface area contributed by atoms with E-state index in [0.29, 0.717) is 0 Å². The lowest BCUT2D eigenvalue weighted by atomic mass is 9.99. The first-order valence-electron chi connectivity index (χ1n) is 5.37. The summed E-state index contributed by atoms with van der Waals surface area (Å²) in [5.74, 6) is -0.0627. The summed E-state index contributed by atoms with van der Waals surface area (Å²) in [4.78, 5) is 13.3. The molecule has 1 fully saturated rings. The molecule has 4 N–H and O–H groups in total. The Hall–Kier alpha value is -0.650. The van der Waals surface area contributed by atoms with Crippen molar-refractivity contribution in [3.63, 3.8) is 0 Å². The van der Waals surface area contributed by atoms with Crippen molar-refractivity contribution in [2.24, 2.45) is 11.7 Å². The molecule has 0 aliphatic carbocycles. The highest BCUT2D eigenvalue weighted by Crippen LogP contribution is 2.14. The maximum atomic E-state index is 11.8. The Morgan fingerprint density at radius 2 is 1.93 bits per heavy atom. The Kier molecular flexibility index (Phi) is 4.07. The molecule has 1 amide bonds. The lowest BCUT2D eigenvalue weighted by molar-refractivity contribution is -0.133. The fraction of sp³-hybridized carbons (Fsp3) is 0.900. The first kappa shape index (κ1) is 12.4. The molecule has 1 rings (SSSR count). The summed E-state index contributed by atoms with van der Waals surface area (Å²) in [6, 6.07) is -0.535. The molecule has 0 aromatic carbocycles. The molecule has 0 aromatic heterocycles. The molecule has 88 valence electrons. The highest BCUT2D eigenvalue weighted by molar-refractivity contribution is 5.82. The zero-order valence-corrected chi connectivity index (χ0v) is 9.26. The molecular weight excluding hydrogens is 196 g/mol. The minimum atomic E-state index is -0.835. The summed E-state index contributed by atoms with van der Waals surface area (Å²) in [7, 11) is 0. The fourth-order valence-corrected chi connectivity index (χ4v) is 1.66. The molecule has 4 atom stereocenters. The van der Waals surface area contributed by atoms with Crippen molar-refractivity contribution in [1.29, 1.82) is 0 Å². The summed E-state index contributed by atoms with van der Waals surface area (Å²) in [6.45, 7) is 4.27. The minimum absolute atomic E-state index is 0.118. The number of likely N-dealkylation sites (tertiary alicyclic amines) is 1. The Labute approximate surface area is 89.9 Å². The summed E-state index contributed by atoms with van der Waals surface area (Å²) < 4.78 is 0. The van der Waals surface area contributed by atoms with Crippen LogP contribution in [-0.2, 0) is 4.79 Å². The van der Waals surface area contributed by atoms with Gasteiger partial charge in [-0.1, -0.05) is 20.3 Å². The van der Waals surface area contributed by atoms with Crippen molar-refractivity contribution >= 4 is 5.91 Å². The Balaban J connectivity index is 2.54. The quantitative estimate of drug-likeness (QED) is 0.560. The lowest BCUT2D eigenvalue weighted by Gasteiger charge is -2.23. The topological polar surface area (TPSA) is 86.8 Å². The Morgan fingerprint density at radius 3 is 2.33 bits per heavy atom. The smallest absolute Gasteiger partial charge is 0.239 e. The van der Waals surface area contributed by atoms with Gasteiger partial charge in [-0.05, 0) is 5.92 Å². The fourth-order valence-electron chi connectivity index (χ4n) is 1.66. The average Bonchev–Trinajstić information content (AvgIpc) is 2.56. The minimum Gasteiger partial charge on any atom is -0.388 e. The van der Waals surface area contributed by atoms with Crippen LogP contribution in [0.25, 0.3) is 0 Å². The van der Waals surface area contributed by atoms with Crippen molar-refractivity contribution in [1.82, 2.24) is 4.90 Å². The number of β-amino-alcohol motifs (C(OH)–C–C–N with tert-alkyl or cyclic N) is 2.